The average Bonchev–Trinajstić information content (AvgIpc) is 2.30. The Morgan fingerprint density at radius 1 is 0.923 bits per heavy atom. The summed E-state index contributed by atoms with van der Waals surface area (Å²) < 4.78 is 4.37. The van der Waals surface area contributed by atoms with Gasteiger partial charge in [-0.1, -0.05) is 0 Å². The van der Waals surface area contributed by atoms with Crippen molar-refractivity contribution in [3.63, 3.8) is 0 Å². The number of aliphatic hydroxyl groups excluding tert-OH is 4. The summed E-state index contributed by atoms with van der Waals surface area (Å²) >= 11 is 0. The van der Waals surface area contributed by atoms with Crippen molar-refractivity contribution in [2.24, 2.45) is 0 Å². The highest BCUT2D eigenvalue weighted by Gasteiger charge is 2.61. The Kier molecular flexibility index (Phi) is 2.61. The molecule has 4 atom stereocenters. The topological polar surface area (TPSA) is 131 Å². The first-order chi connectivity index (χ1) is 5.89. The van der Waals surface area contributed by atoms with Crippen molar-refractivity contribution >= 4 is 0 Å². The Hall–Kier alpha value is -0.280. The zero-order chi connectivity index (χ0) is 10.3. The lowest BCUT2D eigenvalue weighted by molar-refractivity contribution is -0.324. The highest BCUT2D eigenvalue weighted by molar-refractivity contribution is 4.99. The molecular formula is C6H12O7. The first-order valence-electron chi connectivity index (χ1n) is 3.62. The number of hydrogen-bond donors (Lipinski definition) is 6. The Bertz CT molecular complexity index is 177. The van der Waals surface area contributed by atoms with Crippen molar-refractivity contribution in [3.05, 3.63) is 0 Å². The van der Waals surface area contributed by atoms with Crippen molar-refractivity contribution in [1.82, 2.24) is 0 Å². The molecule has 0 aromatic rings. The second-order valence-electron chi connectivity index (χ2n) is 3.00. The van der Waals surface area contributed by atoms with Crippen LogP contribution in [0.1, 0.15) is 0 Å². The molecule has 0 saturated carbocycles. The molecule has 1 saturated heterocycles. The Morgan fingerprint density at radius 3 is 1.38 bits per heavy atom. The molecule has 1 fully saturated rings. The molecule has 0 aromatic heterocycles. The maximum absolute atomic E-state index is 9.25. The summed E-state index contributed by atoms with van der Waals surface area (Å²) in [6.07, 6.45) is -3.76. The van der Waals surface area contributed by atoms with Gasteiger partial charge in [-0.3, -0.25) is 0 Å². The third-order valence-electron chi connectivity index (χ3n) is 2.03. The van der Waals surface area contributed by atoms with Crippen LogP contribution in [0.5, 0.6) is 0 Å². The van der Waals surface area contributed by atoms with E-state index in [0.29, 0.717) is 0 Å². The van der Waals surface area contributed by atoms with Crippen LogP contribution in [0.2, 0.25) is 0 Å². The van der Waals surface area contributed by atoms with E-state index in [4.69, 9.17) is 20.4 Å². The van der Waals surface area contributed by atoms with E-state index in [1.54, 1.807) is 0 Å². The largest absolute Gasteiger partial charge is 0.391 e. The zero-order valence-corrected chi connectivity index (χ0v) is 6.66. The molecule has 1 aliphatic heterocycles. The summed E-state index contributed by atoms with van der Waals surface area (Å²) in [5.74, 6) is -4.90. The van der Waals surface area contributed by atoms with Gasteiger partial charge in [-0.05, 0) is 0 Å². The molecule has 6 N–H and O–H groups in total. The molecular weight excluding hydrogens is 184 g/mol. The van der Waals surface area contributed by atoms with Crippen LogP contribution in [0.15, 0.2) is 0 Å². The van der Waals surface area contributed by atoms with Gasteiger partial charge in [0.25, 0.3) is 0 Å². The Balaban J connectivity index is 2.90. The van der Waals surface area contributed by atoms with Crippen LogP contribution in [-0.2, 0) is 4.74 Å². The smallest absolute Gasteiger partial charge is 0.221 e. The van der Waals surface area contributed by atoms with Gasteiger partial charge in [-0.2, -0.15) is 0 Å². The molecule has 1 heterocycles. The molecule has 0 amide bonds. The summed E-state index contributed by atoms with van der Waals surface area (Å²) in [4.78, 5) is 0. The fraction of sp³-hybridized carbons (Fsp3) is 1.00. The van der Waals surface area contributed by atoms with E-state index in [0.717, 1.165) is 0 Å². The molecule has 0 unspecified atom stereocenters. The van der Waals surface area contributed by atoms with Crippen LogP contribution in [-0.4, -0.2) is 67.6 Å². The quantitative estimate of drug-likeness (QED) is 0.266. The monoisotopic (exact) mass is 196 g/mol. The standard InChI is InChI=1S/C6H12O7/c7-1-5(11)3(9)4(10)6(12,2-8)13-5/h3-4,7-12H,1-2H2/t3-,4-,5-,6+/m1/s1. The third-order valence-corrected chi connectivity index (χ3v) is 2.03. The Labute approximate surface area is 73.4 Å². The third kappa shape index (κ3) is 1.44. The highest BCUT2D eigenvalue weighted by atomic mass is 16.8. The van der Waals surface area contributed by atoms with Gasteiger partial charge in [0.1, 0.15) is 12.2 Å². The van der Waals surface area contributed by atoms with E-state index in [2.05, 4.69) is 4.74 Å². The molecule has 78 valence electrons. The summed E-state index contributed by atoms with van der Waals surface area (Å²) in [5, 5.41) is 54.0. The number of aliphatic hydroxyl groups is 6. The summed E-state index contributed by atoms with van der Waals surface area (Å²) in [6, 6.07) is 0. The van der Waals surface area contributed by atoms with Gasteiger partial charge < -0.3 is 35.4 Å². The molecule has 13 heavy (non-hydrogen) atoms. The average molecular weight is 196 g/mol. The summed E-state index contributed by atoms with van der Waals surface area (Å²) in [6.45, 7) is -2.01. The van der Waals surface area contributed by atoms with E-state index < -0.39 is 37.0 Å². The molecule has 0 aromatic carbocycles. The molecule has 0 radical (unpaired) electrons. The second kappa shape index (κ2) is 3.14. The van der Waals surface area contributed by atoms with E-state index in [-0.39, 0.29) is 0 Å². The van der Waals surface area contributed by atoms with Gasteiger partial charge in [-0.25, -0.2) is 0 Å². The first kappa shape index (κ1) is 10.8. The van der Waals surface area contributed by atoms with E-state index in [1.807, 2.05) is 0 Å². The number of ether oxygens (including phenoxy) is 1. The van der Waals surface area contributed by atoms with Crippen LogP contribution in [0, 0.1) is 0 Å². The molecule has 7 nitrogen and oxygen atoms in total. The second-order valence-corrected chi connectivity index (χ2v) is 3.00. The van der Waals surface area contributed by atoms with Crippen molar-refractivity contribution in [3.8, 4) is 0 Å². The maximum Gasteiger partial charge on any atom is 0.221 e. The van der Waals surface area contributed by atoms with Crippen LogP contribution in [0.25, 0.3) is 0 Å². The maximum atomic E-state index is 9.25. The highest BCUT2D eigenvalue weighted by Crippen LogP contribution is 2.34. The van der Waals surface area contributed by atoms with Gasteiger partial charge in [0.05, 0.1) is 13.2 Å². The molecule has 7 heteroatoms. The minimum Gasteiger partial charge on any atom is -0.391 e. The van der Waals surface area contributed by atoms with Crippen LogP contribution < -0.4 is 0 Å². The predicted octanol–water partition coefficient (Wildman–Crippen LogP) is -3.90. The first-order valence-corrected chi connectivity index (χ1v) is 3.62. The lowest BCUT2D eigenvalue weighted by atomic mass is 10.0. The summed E-state index contributed by atoms with van der Waals surface area (Å²) in [7, 11) is 0. The number of hydrogen-bond acceptors (Lipinski definition) is 7. The van der Waals surface area contributed by atoms with Gasteiger partial charge in [0, 0.05) is 0 Å². The molecule has 0 bridgehead atoms. The van der Waals surface area contributed by atoms with Gasteiger partial charge >= 0.3 is 0 Å². The van der Waals surface area contributed by atoms with Crippen LogP contribution in [0.4, 0.5) is 0 Å². The van der Waals surface area contributed by atoms with Gasteiger partial charge in [0.15, 0.2) is 0 Å². The predicted molar refractivity (Wildman–Crippen MR) is 37.2 cm³/mol. The minimum absolute atomic E-state index is 1.01. The Morgan fingerprint density at radius 2 is 1.23 bits per heavy atom. The van der Waals surface area contributed by atoms with Crippen molar-refractivity contribution < 1.29 is 35.4 Å². The lowest BCUT2D eigenvalue weighted by Gasteiger charge is -2.24. The van der Waals surface area contributed by atoms with Crippen LogP contribution >= 0.6 is 0 Å². The SMILES string of the molecule is OC[C@@]1(O)O[C@@](O)(CO)[C@H](O)[C@H]1O. The fourth-order valence-corrected chi connectivity index (χ4v) is 1.17. The van der Waals surface area contributed by atoms with E-state index in [9.17, 15) is 10.2 Å². The zero-order valence-electron chi connectivity index (χ0n) is 6.66. The summed E-state index contributed by atoms with van der Waals surface area (Å²) in [5.41, 5.74) is 0. The van der Waals surface area contributed by atoms with Gasteiger partial charge in [-0.15, -0.1) is 0 Å². The fourth-order valence-electron chi connectivity index (χ4n) is 1.17. The van der Waals surface area contributed by atoms with Crippen molar-refractivity contribution in [1.29, 1.82) is 0 Å². The minimum atomic E-state index is -2.45. The van der Waals surface area contributed by atoms with Gasteiger partial charge in [0.2, 0.25) is 11.6 Å². The lowest BCUT2D eigenvalue weighted by Crippen LogP contribution is -2.46. The van der Waals surface area contributed by atoms with E-state index >= 15 is 0 Å². The molecule has 0 spiro atoms. The molecule has 0 aliphatic carbocycles. The van der Waals surface area contributed by atoms with E-state index in [1.165, 1.54) is 0 Å². The van der Waals surface area contributed by atoms with Crippen molar-refractivity contribution in [2.45, 2.75) is 23.8 Å². The molecule has 1 rings (SSSR count). The van der Waals surface area contributed by atoms with Crippen LogP contribution in [0.3, 0.4) is 0 Å². The normalized spacial score (nSPS) is 51.2. The number of rotatable bonds is 2. The van der Waals surface area contributed by atoms with Crippen molar-refractivity contribution in [2.75, 3.05) is 13.2 Å². The molecule has 1 aliphatic rings.